The molecule has 105 valence electrons. The van der Waals surface area contributed by atoms with Crippen LogP contribution in [-0.2, 0) is 4.74 Å². The average molecular weight is 283 g/mol. The van der Waals surface area contributed by atoms with E-state index in [1.807, 2.05) is 0 Å². The second-order valence-electron chi connectivity index (χ2n) is 4.70. The van der Waals surface area contributed by atoms with Crippen molar-refractivity contribution in [2.24, 2.45) is 0 Å². The van der Waals surface area contributed by atoms with E-state index in [4.69, 9.17) is 10.5 Å². The van der Waals surface area contributed by atoms with E-state index >= 15 is 0 Å². The Morgan fingerprint density at radius 3 is 2.63 bits per heavy atom. The van der Waals surface area contributed by atoms with Crippen LogP contribution in [0.1, 0.15) is 6.42 Å². The number of rotatable bonds is 6. The molecule has 1 aliphatic rings. The molecule has 1 aromatic carbocycles. The fraction of sp³-hybridized carbons (Fsp3) is 0.571. The van der Waals surface area contributed by atoms with Gasteiger partial charge in [-0.2, -0.15) is 0 Å². The minimum Gasteiger partial charge on any atom is -0.379 e. The first-order chi connectivity index (χ1) is 9.24. The third-order valence-corrected chi connectivity index (χ3v) is 4.34. The quantitative estimate of drug-likeness (QED) is 0.752. The molecule has 0 amide bonds. The topological polar surface area (TPSA) is 36.3 Å². The Balaban J connectivity index is 1.63. The van der Waals surface area contributed by atoms with Gasteiger partial charge in [-0.05, 0) is 37.2 Å². The summed E-state index contributed by atoms with van der Waals surface area (Å²) in [6.45, 7) is 4.57. The van der Waals surface area contributed by atoms with E-state index in [9.17, 15) is 4.39 Å². The Hall–Kier alpha value is -0.620. The molecule has 19 heavy (non-hydrogen) atoms. The molecule has 2 rings (SSSR count). The summed E-state index contributed by atoms with van der Waals surface area (Å²) in [5.41, 5.74) is 8.03. The van der Waals surface area contributed by atoms with Gasteiger partial charge in [0, 0.05) is 29.8 Å². The molecule has 1 saturated heterocycles. The third-order valence-electron chi connectivity index (χ3n) is 3.16. The summed E-state index contributed by atoms with van der Waals surface area (Å²) in [4.78, 5) is 3.39. The Bertz CT molecular complexity index is 368. The first kappa shape index (κ1) is 14.8. The van der Waals surface area contributed by atoms with E-state index in [-0.39, 0.29) is 11.9 Å². The first-order valence-corrected chi connectivity index (χ1v) is 7.62. The molecular formula is C14H20FN2OS. The zero-order valence-electron chi connectivity index (χ0n) is 11.0. The van der Waals surface area contributed by atoms with Crippen LogP contribution in [0, 0.1) is 5.82 Å². The fourth-order valence-corrected chi connectivity index (χ4v) is 2.86. The highest BCUT2D eigenvalue weighted by molar-refractivity contribution is 7.99. The SMILES string of the molecule is [NH][C@H](CCN1CCOCC1)CSc1ccc(F)cc1. The molecule has 0 bridgehead atoms. The monoisotopic (exact) mass is 283 g/mol. The van der Waals surface area contributed by atoms with Gasteiger partial charge in [0.05, 0.1) is 13.2 Å². The van der Waals surface area contributed by atoms with Gasteiger partial charge in [0.1, 0.15) is 5.82 Å². The second-order valence-corrected chi connectivity index (χ2v) is 5.80. The van der Waals surface area contributed by atoms with Crippen LogP contribution < -0.4 is 5.73 Å². The molecule has 1 heterocycles. The zero-order valence-corrected chi connectivity index (χ0v) is 11.8. The Labute approximate surface area is 118 Å². The van der Waals surface area contributed by atoms with E-state index in [2.05, 4.69) is 4.90 Å². The van der Waals surface area contributed by atoms with Crippen molar-refractivity contribution in [3.63, 3.8) is 0 Å². The van der Waals surface area contributed by atoms with Gasteiger partial charge in [-0.1, -0.05) is 0 Å². The maximum atomic E-state index is 12.8. The lowest BCUT2D eigenvalue weighted by atomic mass is 10.2. The van der Waals surface area contributed by atoms with Crippen LogP contribution in [0.3, 0.4) is 0 Å². The number of nitrogens with one attached hydrogen (secondary N) is 1. The number of benzene rings is 1. The highest BCUT2D eigenvalue weighted by atomic mass is 32.2. The lowest BCUT2D eigenvalue weighted by molar-refractivity contribution is 0.0368. The Morgan fingerprint density at radius 2 is 1.95 bits per heavy atom. The number of morpholine rings is 1. The van der Waals surface area contributed by atoms with Gasteiger partial charge < -0.3 is 4.74 Å². The van der Waals surface area contributed by atoms with Gasteiger partial charge in [-0.25, -0.2) is 4.39 Å². The first-order valence-electron chi connectivity index (χ1n) is 6.63. The summed E-state index contributed by atoms with van der Waals surface area (Å²) in [6.07, 6.45) is 0.883. The van der Waals surface area contributed by atoms with Gasteiger partial charge in [0.2, 0.25) is 0 Å². The maximum Gasteiger partial charge on any atom is 0.123 e. The summed E-state index contributed by atoms with van der Waals surface area (Å²) in [7, 11) is 0. The van der Waals surface area contributed by atoms with Gasteiger partial charge in [-0.3, -0.25) is 10.6 Å². The van der Waals surface area contributed by atoms with E-state index in [1.165, 1.54) is 12.1 Å². The molecule has 1 radical (unpaired) electrons. The minimum atomic E-state index is -0.209. The number of ether oxygens (including phenoxy) is 1. The molecule has 0 saturated carbocycles. The molecule has 0 spiro atoms. The van der Waals surface area contributed by atoms with Crippen molar-refractivity contribution in [3.05, 3.63) is 30.1 Å². The molecule has 1 aliphatic heterocycles. The molecule has 3 nitrogen and oxygen atoms in total. The highest BCUT2D eigenvalue weighted by Crippen LogP contribution is 2.19. The minimum absolute atomic E-state index is 0.0714. The smallest absolute Gasteiger partial charge is 0.123 e. The molecule has 0 aliphatic carbocycles. The van der Waals surface area contributed by atoms with Crippen LogP contribution >= 0.6 is 11.8 Å². The van der Waals surface area contributed by atoms with Gasteiger partial charge in [0.15, 0.2) is 0 Å². The van der Waals surface area contributed by atoms with Crippen LogP contribution in [0.4, 0.5) is 4.39 Å². The van der Waals surface area contributed by atoms with Crippen molar-refractivity contribution in [2.75, 3.05) is 38.6 Å². The molecule has 0 aromatic heterocycles. The van der Waals surface area contributed by atoms with Crippen molar-refractivity contribution in [3.8, 4) is 0 Å². The van der Waals surface area contributed by atoms with Crippen molar-refractivity contribution < 1.29 is 9.13 Å². The van der Waals surface area contributed by atoms with Crippen LogP contribution in [0.25, 0.3) is 0 Å². The number of nitrogens with zero attached hydrogens (tertiary/aromatic N) is 1. The zero-order chi connectivity index (χ0) is 13.5. The van der Waals surface area contributed by atoms with Crippen LogP contribution in [0.2, 0.25) is 0 Å². The van der Waals surface area contributed by atoms with Crippen molar-refractivity contribution in [1.29, 1.82) is 0 Å². The standard InChI is InChI=1S/C14H20FN2OS/c15-12-1-3-14(4-2-12)19-11-13(16)5-6-17-7-9-18-10-8-17/h1-4,13,16H,5-11H2/t13-/m1/s1. The van der Waals surface area contributed by atoms with E-state index in [1.54, 1.807) is 23.9 Å². The molecule has 0 unspecified atom stereocenters. The summed E-state index contributed by atoms with van der Waals surface area (Å²) >= 11 is 1.63. The van der Waals surface area contributed by atoms with Crippen molar-refractivity contribution in [2.45, 2.75) is 17.4 Å². The molecular weight excluding hydrogens is 263 g/mol. The van der Waals surface area contributed by atoms with Gasteiger partial charge in [0.25, 0.3) is 0 Å². The lowest BCUT2D eigenvalue weighted by Crippen LogP contribution is -2.38. The Morgan fingerprint density at radius 1 is 1.26 bits per heavy atom. The summed E-state index contributed by atoms with van der Waals surface area (Å²) in [5, 5.41) is 0. The van der Waals surface area contributed by atoms with E-state index in [0.717, 1.165) is 49.9 Å². The Kier molecular flexibility index (Phi) is 6.10. The molecule has 1 fully saturated rings. The third kappa shape index (κ3) is 5.48. The predicted molar refractivity (Wildman–Crippen MR) is 75.9 cm³/mol. The second kappa shape index (κ2) is 7.85. The summed E-state index contributed by atoms with van der Waals surface area (Å²) < 4.78 is 18.0. The molecule has 1 N–H and O–H groups in total. The molecule has 5 heteroatoms. The van der Waals surface area contributed by atoms with Crippen molar-refractivity contribution in [1.82, 2.24) is 10.6 Å². The highest BCUT2D eigenvalue weighted by Gasteiger charge is 2.12. The van der Waals surface area contributed by atoms with Gasteiger partial charge >= 0.3 is 0 Å². The van der Waals surface area contributed by atoms with E-state index in [0.29, 0.717) is 0 Å². The van der Waals surface area contributed by atoms with Crippen LogP contribution in [-0.4, -0.2) is 49.5 Å². The number of halogens is 1. The summed E-state index contributed by atoms with van der Waals surface area (Å²) in [6, 6.07) is 6.41. The summed E-state index contributed by atoms with van der Waals surface area (Å²) in [5.74, 6) is 0.551. The van der Waals surface area contributed by atoms with E-state index < -0.39 is 0 Å². The molecule has 1 aromatic rings. The average Bonchev–Trinajstić information content (AvgIpc) is 2.45. The van der Waals surface area contributed by atoms with Crippen molar-refractivity contribution >= 4 is 11.8 Å². The fourth-order valence-electron chi connectivity index (χ4n) is 1.97. The lowest BCUT2D eigenvalue weighted by Gasteiger charge is -2.27. The normalized spacial score (nSPS) is 18.4. The largest absolute Gasteiger partial charge is 0.379 e. The number of thioether (sulfide) groups is 1. The maximum absolute atomic E-state index is 12.8. The van der Waals surface area contributed by atoms with Crippen LogP contribution in [0.15, 0.2) is 29.2 Å². The number of hydrogen-bond acceptors (Lipinski definition) is 3. The van der Waals surface area contributed by atoms with Crippen LogP contribution in [0.5, 0.6) is 0 Å². The van der Waals surface area contributed by atoms with Gasteiger partial charge in [-0.15, -0.1) is 11.8 Å². The number of hydrogen-bond donors (Lipinski definition) is 0. The molecule has 1 atom stereocenters. The predicted octanol–water partition coefficient (Wildman–Crippen LogP) is 2.29.